The quantitative estimate of drug-likeness (QED) is 0.761. The second kappa shape index (κ2) is 4.85. The van der Waals surface area contributed by atoms with Crippen LogP contribution in [-0.2, 0) is 0 Å². The number of rotatable bonds is 2. The van der Waals surface area contributed by atoms with Crippen molar-refractivity contribution in [2.75, 3.05) is 5.32 Å². The van der Waals surface area contributed by atoms with Gasteiger partial charge in [-0.25, -0.2) is 4.98 Å². The van der Waals surface area contributed by atoms with E-state index in [1.807, 2.05) is 42.5 Å². The summed E-state index contributed by atoms with van der Waals surface area (Å²) in [5.41, 5.74) is 0.703. The maximum Gasteiger partial charge on any atom is 0.267 e. The minimum atomic E-state index is -0.210. The standard InChI is InChI=1S/C14H10BrN3O/c15-12-13(16-8-17-14(12)19)18-11-7-3-5-9-4-1-2-6-10(9)11/h1-8H,(H2,16,17,18,19). The van der Waals surface area contributed by atoms with Gasteiger partial charge in [-0.3, -0.25) is 4.79 Å². The maximum absolute atomic E-state index is 11.5. The number of aromatic amines is 1. The summed E-state index contributed by atoms with van der Waals surface area (Å²) in [7, 11) is 0. The second-order valence-electron chi connectivity index (χ2n) is 4.05. The highest BCUT2D eigenvalue weighted by Gasteiger charge is 2.07. The van der Waals surface area contributed by atoms with Gasteiger partial charge in [-0.15, -0.1) is 0 Å². The van der Waals surface area contributed by atoms with Crippen molar-refractivity contribution in [3.8, 4) is 0 Å². The van der Waals surface area contributed by atoms with Crippen LogP contribution in [0.5, 0.6) is 0 Å². The molecule has 5 heteroatoms. The van der Waals surface area contributed by atoms with Gasteiger partial charge in [-0.2, -0.15) is 0 Å². The minimum absolute atomic E-state index is 0.210. The van der Waals surface area contributed by atoms with E-state index < -0.39 is 0 Å². The van der Waals surface area contributed by atoms with Gasteiger partial charge in [0, 0.05) is 11.1 Å². The van der Waals surface area contributed by atoms with Gasteiger partial charge in [0.25, 0.3) is 5.56 Å². The van der Waals surface area contributed by atoms with Crippen LogP contribution in [0.1, 0.15) is 0 Å². The van der Waals surface area contributed by atoms with Gasteiger partial charge in [0.1, 0.15) is 4.47 Å². The number of hydrogen-bond donors (Lipinski definition) is 2. The first-order valence-corrected chi connectivity index (χ1v) is 6.53. The van der Waals surface area contributed by atoms with E-state index in [0.29, 0.717) is 10.3 Å². The lowest BCUT2D eigenvalue weighted by Gasteiger charge is -2.09. The minimum Gasteiger partial charge on any atom is -0.339 e. The molecular weight excluding hydrogens is 306 g/mol. The van der Waals surface area contributed by atoms with E-state index in [0.717, 1.165) is 16.5 Å². The SMILES string of the molecule is O=c1[nH]cnc(Nc2cccc3ccccc23)c1Br. The molecule has 2 N–H and O–H groups in total. The van der Waals surface area contributed by atoms with Crippen molar-refractivity contribution in [1.82, 2.24) is 9.97 Å². The van der Waals surface area contributed by atoms with Gasteiger partial charge >= 0.3 is 0 Å². The molecule has 0 spiro atoms. The van der Waals surface area contributed by atoms with Gasteiger partial charge in [0.05, 0.1) is 6.33 Å². The summed E-state index contributed by atoms with van der Waals surface area (Å²) in [6.45, 7) is 0. The van der Waals surface area contributed by atoms with Gasteiger partial charge in [-0.1, -0.05) is 36.4 Å². The number of nitrogens with zero attached hydrogens (tertiary/aromatic N) is 1. The molecule has 0 saturated heterocycles. The summed E-state index contributed by atoms with van der Waals surface area (Å²) in [4.78, 5) is 18.1. The molecular formula is C14H10BrN3O. The van der Waals surface area contributed by atoms with Gasteiger partial charge in [-0.05, 0) is 27.4 Å². The molecule has 3 rings (SSSR count). The zero-order valence-electron chi connectivity index (χ0n) is 9.85. The summed E-state index contributed by atoms with van der Waals surface area (Å²) in [5.74, 6) is 0.500. The summed E-state index contributed by atoms with van der Waals surface area (Å²) < 4.78 is 0.392. The molecule has 1 aromatic heterocycles. The average molecular weight is 316 g/mol. The van der Waals surface area contributed by atoms with Crippen molar-refractivity contribution < 1.29 is 0 Å². The topological polar surface area (TPSA) is 57.8 Å². The van der Waals surface area contributed by atoms with Gasteiger partial charge in [0.15, 0.2) is 5.82 Å². The highest BCUT2D eigenvalue weighted by Crippen LogP contribution is 2.27. The fourth-order valence-electron chi connectivity index (χ4n) is 1.93. The normalized spacial score (nSPS) is 10.6. The predicted octanol–water partition coefficient (Wildman–Crippen LogP) is 3.43. The van der Waals surface area contributed by atoms with Crippen LogP contribution >= 0.6 is 15.9 Å². The fourth-order valence-corrected chi connectivity index (χ4v) is 2.25. The molecule has 0 fully saturated rings. The van der Waals surface area contributed by atoms with E-state index in [4.69, 9.17) is 0 Å². The number of hydrogen-bond acceptors (Lipinski definition) is 3. The monoisotopic (exact) mass is 315 g/mol. The average Bonchev–Trinajstić information content (AvgIpc) is 2.44. The molecule has 1 heterocycles. The van der Waals surface area contributed by atoms with Crippen molar-refractivity contribution in [1.29, 1.82) is 0 Å². The number of anilines is 2. The first-order chi connectivity index (χ1) is 9.25. The lowest BCUT2D eigenvalue weighted by Crippen LogP contribution is -2.10. The number of benzene rings is 2. The molecule has 0 saturated carbocycles. The Balaban J connectivity index is 2.11. The van der Waals surface area contributed by atoms with E-state index in [2.05, 4.69) is 31.2 Å². The first kappa shape index (κ1) is 11.9. The molecule has 2 aromatic carbocycles. The maximum atomic E-state index is 11.5. The molecule has 0 aliphatic carbocycles. The second-order valence-corrected chi connectivity index (χ2v) is 4.84. The molecule has 0 amide bonds. The van der Waals surface area contributed by atoms with Crippen molar-refractivity contribution in [2.24, 2.45) is 0 Å². The van der Waals surface area contributed by atoms with E-state index in [-0.39, 0.29) is 5.56 Å². The van der Waals surface area contributed by atoms with Crippen molar-refractivity contribution in [3.63, 3.8) is 0 Å². The highest BCUT2D eigenvalue weighted by molar-refractivity contribution is 9.10. The van der Waals surface area contributed by atoms with Crippen molar-refractivity contribution in [2.45, 2.75) is 0 Å². The Morgan fingerprint density at radius 1 is 1.11 bits per heavy atom. The van der Waals surface area contributed by atoms with Crippen LogP contribution in [0.25, 0.3) is 10.8 Å². The number of H-pyrrole nitrogens is 1. The lowest BCUT2D eigenvalue weighted by atomic mass is 10.1. The van der Waals surface area contributed by atoms with Crippen LogP contribution in [0, 0.1) is 0 Å². The third-order valence-corrected chi connectivity index (χ3v) is 3.57. The smallest absolute Gasteiger partial charge is 0.267 e. The summed E-state index contributed by atoms with van der Waals surface area (Å²) >= 11 is 3.23. The van der Waals surface area contributed by atoms with Gasteiger partial charge in [0.2, 0.25) is 0 Å². The molecule has 0 bridgehead atoms. The zero-order valence-corrected chi connectivity index (χ0v) is 11.4. The van der Waals surface area contributed by atoms with Crippen LogP contribution in [-0.4, -0.2) is 9.97 Å². The molecule has 0 radical (unpaired) electrons. The molecule has 0 unspecified atom stereocenters. The van der Waals surface area contributed by atoms with Crippen LogP contribution in [0.4, 0.5) is 11.5 Å². The Kier molecular flexibility index (Phi) is 3.05. The zero-order chi connectivity index (χ0) is 13.2. The Labute approximate surface area is 117 Å². The molecule has 4 nitrogen and oxygen atoms in total. The van der Waals surface area contributed by atoms with E-state index in [9.17, 15) is 4.79 Å². The van der Waals surface area contributed by atoms with Crippen LogP contribution < -0.4 is 10.9 Å². The number of fused-ring (bicyclic) bond motifs is 1. The number of aromatic nitrogens is 2. The predicted molar refractivity (Wildman–Crippen MR) is 79.8 cm³/mol. The van der Waals surface area contributed by atoms with Gasteiger partial charge < -0.3 is 10.3 Å². The third-order valence-electron chi connectivity index (χ3n) is 2.84. The van der Waals surface area contributed by atoms with Crippen LogP contribution in [0.3, 0.4) is 0 Å². The highest BCUT2D eigenvalue weighted by atomic mass is 79.9. The van der Waals surface area contributed by atoms with E-state index in [1.165, 1.54) is 6.33 Å². The van der Waals surface area contributed by atoms with E-state index in [1.54, 1.807) is 0 Å². The molecule has 3 aromatic rings. The lowest BCUT2D eigenvalue weighted by molar-refractivity contribution is 1.10. The van der Waals surface area contributed by atoms with Crippen LogP contribution in [0.15, 0.2) is 58.1 Å². The Morgan fingerprint density at radius 3 is 2.79 bits per heavy atom. The molecule has 0 aliphatic heterocycles. The third kappa shape index (κ3) is 2.24. The Morgan fingerprint density at radius 2 is 1.89 bits per heavy atom. The first-order valence-electron chi connectivity index (χ1n) is 5.73. The molecule has 0 atom stereocenters. The largest absolute Gasteiger partial charge is 0.339 e. The molecule has 0 aliphatic rings. The Bertz CT molecular complexity index is 793. The number of nitrogens with one attached hydrogen (secondary N) is 2. The van der Waals surface area contributed by atoms with Crippen molar-refractivity contribution >= 4 is 38.2 Å². The summed E-state index contributed by atoms with van der Waals surface area (Å²) in [6, 6.07) is 14.0. The molecule has 94 valence electrons. The summed E-state index contributed by atoms with van der Waals surface area (Å²) in [6.07, 6.45) is 1.38. The van der Waals surface area contributed by atoms with E-state index >= 15 is 0 Å². The fraction of sp³-hybridized carbons (Fsp3) is 0. The Hall–Kier alpha value is -2.14. The number of halogens is 1. The van der Waals surface area contributed by atoms with Crippen LogP contribution in [0.2, 0.25) is 0 Å². The van der Waals surface area contributed by atoms with Crippen molar-refractivity contribution in [3.05, 3.63) is 63.6 Å². The summed E-state index contributed by atoms with van der Waals surface area (Å²) in [5, 5.41) is 5.39. The molecule has 19 heavy (non-hydrogen) atoms.